The number of alkyl halides is 1. The fraction of sp³-hybridized carbons (Fsp3) is 0.538. The van der Waals surface area contributed by atoms with Crippen LogP contribution in [-0.2, 0) is 0 Å². The SMILES string of the molecule is Cc1ccc(OC2CCN(C(=O)NCCCl)C2)nc1. The van der Waals surface area contributed by atoms with Crippen molar-refractivity contribution in [2.24, 2.45) is 0 Å². The monoisotopic (exact) mass is 283 g/mol. The number of nitrogens with zero attached hydrogens (tertiary/aromatic N) is 2. The van der Waals surface area contributed by atoms with Crippen molar-refractivity contribution in [3.8, 4) is 5.88 Å². The van der Waals surface area contributed by atoms with E-state index in [-0.39, 0.29) is 12.1 Å². The Morgan fingerprint density at radius 1 is 1.63 bits per heavy atom. The Morgan fingerprint density at radius 2 is 2.47 bits per heavy atom. The fourth-order valence-electron chi connectivity index (χ4n) is 1.97. The van der Waals surface area contributed by atoms with Crippen LogP contribution in [0.1, 0.15) is 12.0 Å². The lowest BCUT2D eigenvalue weighted by Crippen LogP contribution is -2.40. The minimum atomic E-state index is -0.0800. The van der Waals surface area contributed by atoms with E-state index in [9.17, 15) is 4.79 Å². The lowest BCUT2D eigenvalue weighted by Gasteiger charge is -2.17. The van der Waals surface area contributed by atoms with Crippen LogP contribution in [0.25, 0.3) is 0 Å². The number of ether oxygens (including phenoxy) is 1. The van der Waals surface area contributed by atoms with Crippen LogP contribution < -0.4 is 10.1 Å². The molecular weight excluding hydrogens is 266 g/mol. The van der Waals surface area contributed by atoms with E-state index in [0.29, 0.717) is 31.4 Å². The number of carbonyl (C=O) groups excluding carboxylic acids is 1. The van der Waals surface area contributed by atoms with Crippen molar-refractivity contribution in [2.45, 2.75) is 19.4 Å². The molecule has 0 aliphatic carbocycles. The third-order valence-electron chi connectivity index (χ3n) is 2.97. The number of amides is 2. The topological polar surface area (TPSA) is 54.5 Å². The van der Waals surface area contributed by atoms with Crippen molar-refractivity contribution in [2.75, 3.05) is 25.5 Å². The summed E-state index contributed by atoms with van der Waals surface area (Å²) in [6.45, 7) is 3.76. The predicted octanol–water partition coefficient (Wildman–Crippen LogP) is 1.79. The molecular formula is C13H18ClN3O2. The number of rotatable bonds is 4. The molecule has 6 heteroatoms. The summed E-state index contributed by atoms with van der Waals surface area (Å²) >= 11 is 5.53. The van der Waals surface area contributed by atoms with Gasteiger partial charge in [-0.1, -0.05) is 6.07 Å². The van der Waals surface area contributed by atoms with Crippen molar-refractivity contribution in [1.29, 1.82) is 0 Å². The largest absolute Gasteiger partial charge is 0.472 e. The maximum atomic E-state index is 11.7. The summed E-state index contributed by atoms with van der Waals surface area (Å²) in [5.41, 5.74) is 1.10. The number of likely N-dealkylation sites (tertiary alicyclic amines) is 1. The molecule has 1 unspecified atom stereocenters. The highest BCUT2D eigenvalue weighted by Crippen LogP contribution is 2.16. The number of hydrogen-bond donors (Lipinski definition) is 1. The standard InChI is InChI=1S/C13H18ClN3O2/c1-10-2-3-12(16-8-10)19-11-4-7-17(9-11)13(18)15-6-5-14/h2-3,8,11H,4-7,9H2,1H3,(H,15,18). The molecule has 2 rings (SSSR count). The summed E-state index contributed by atoms with van der Waals surface area (Å²) in [5, 5.41) is 2.75. The van der Waals surface area contributed by atoms with Gasteiger partial charge in [-0.2, -0.15) is 0 Å². The van der Waals surface area contributed by atoms with E-state index in [1.165, 1.54) is 0 Å². The Morgan fingerprint density at radius 3 is 3.16 bits per heavy atom. The molecule has 1 aliphatic heterocycles. The van der Waals surface area contributed by atoms with E-state index in [1.54, 1.807) is 11.1 Å². The van der Waals surface area contributed by atoms with Crippen molar-refractivity contribution < 1.29 is 9.53 Å². The Hall–Kier alpha value is -1.49. The van der Waals surface area contributed by atoms with Crippen LogP contribution in [0.2, 0.25) is 0 Å². The first-order valence-corrected chi connectivity index (χ1v) is 6.90. The number of pyridine rings is 1. The van der Waals surface area contributed by atoms with Gasteiger partial charge in [0.25, 0.3) is 0 Å². The summed E-state index contributed by atoms with van der Waals surface area (Å²) in [6, 6.07) is 3.73. The molecule has 0 radical (unpaired) electrons. The average molecular weight is 284 g/mol. The Bertz CT molecular complexity index is 424. The Kier molecular flexibility index (Phi) is 4.85. The second-order valence-corrected chi connectivity index (χ2v) is 4.95. The van der Waals surface area contributed by atoms with Crippen LogP contribution in [0.15, 0.2) is 18.3 Å². The molecule has 1 N–H and O–H groups in total. The van der Waals surface area contributed by atoms with E-state index >= 15 is 0 Å². The number of nitrogens with one attached hydrogen (secondary N) is 1. The maximum Gasteiger partial charge on any atom is 0.317 e. The molecule has 0 saturated carbocycles. The molecule has 1 aliphatic rings. The molecule has 1 fully saturated rings. The van der Waals surface area contributed by atoms with Gasteiger partial charge in [0.15, 0.2) is 0 Å². The summed E-state index contributed by atoms with van der Waals surface area (Å²) in [5.74, 6) is 1.03. The van der Waals surface area contributed by atoms with Crippen LogP contribution in [0.3, 0.4) is 0 Å². The zero-order chi connectivity index (χ0) is 13.7. The molecule has 5 nitrogen and oxygen atoms in total. The molecule has 1 aromatic heterocycles. The zero-order valence-electron chi connectivity index (χ0n) is 10.9. The minimum absolute atomic E-state index is 0.0111. The van der Waals surface area contributed by atoms with Crippen molar-refractivity contribution in [3.63, 3.8) is 0 Å². The smallest absolute Gasteiger partial charge is 0.317 e. The van der Waals surface area contributed by atoms with Crippen molar-refractivity contribution >= 4 is 17.6 Å². The molecule has 19 heavy (non-hydrogen) atoms. The Balaban J connectivity index is 1.81. The lowest BCUT2D eigenvalue weighted by atomic mass is 10.3. The molecule has 0 aromatic carbocycles. The second-order valence-electron chi connectivity index (χ2n) is 4.57. The number of urea groups is 1. The van der Waals surface area contributed by atoms with Gasteiger partial charge in [0, 0.05) is 37.7 Å². The van der Waals surface area contributed by atoms with Gasteiger partial charge in [-0.05, 0) is 12.5 Å². The highest BCUT2D eigenvalue weighted by atomic mass is 35.5. The zero-order valence-corrected chi connectivity index (χ0v) is 11.7. The molecule has 0 bridgehead atoms. The van der Waals surface area contributed by atoms with Crippen LogP contribution in [0.4, 0.5) is 4.79 Å². The molecule has 2 heterocycles. The first-order chi connectivity index (χ1) is 9.19. The third-order valence-corrected chi connectivity index (χ3v) is 3.16. The molecule has 0 spiro atoms. The van der Waals surface area contributed by atoms with E-state index in [4.69, 9.17) is 16.3 Å². The van der Waals surface area contributed by atoms with Gasteiger partial charge in [-0.25, -0.2) is 9.78 Å². The number of carbonyl (C=O) groups is 1. The highest BCUT2D eigenvalue weighted by molar-refractivity contribution is 6.18. The number of aryl methyl sites for hydroxylation is 1. The van der Waals surface area contributed by atoms with Crippen LogP contribution in [-0.4, -0.2) is 47.5 Å². The summed E-state index contributed by atoms with van der Waals surface area (Å²) in [6.07, 6.45) is 2.61. The van der Waals surface area contributed by atoms with Gasteiger partial charge < -0.3 is 15.0 Å². The highest BCUT2D eigenvalue weighted by Gasteiger charge is 2.27. The Labute approximate surface area is 117 Å². The summed E-state index contributed by atoms with van der Waals surface area (Å²) < 4.78 is 5.76. The second kappa shape index (κ2) is 6.61. The summed E-state index contributed by atoms with van der Waals surface area (Å²) in [4.78, 5) is 17.7. The molecule has 2 amide bonds. The van der Waals surface area contributed by atoms with Gasteiger partial charge in [-0.15, -0.1) is 11.6 Å². The van der Waals surface area contributed by atoms with Crippen LogP contribution in [0.5, 0.6) is 5.88 Å². The average Bonchev–Trinajstić information content (AvgIpc) is 2.87. The third kappa shape index (κ3) is 3.99. The van der Waals surface area contributed by atoms with E-state index < -0.39 is 0 Å². The maximum absolute atomic E-state index is 11.7. The van der Waals surface area contributed by atoms with Crippen LogP contribution >= 0.6 is 11.6 Å². The van der Waals surface area contributed by atoms with Gasteiger partial charge in [0.2, 0.25) is 5.88 Å². The lowest BCUT2D eigenvalue weighted by molar-refractivity contribution is 0.183. The van der Waals surface area contributed by atoms with Gasteiger partial charge in [0.1, 0.15) is 6.10 Å². The van der Waals surface area contributed by atoms with E-state index in [2.05, 4.69) is 10.3 Å². The number of hydrogen-bond acceptors (Lipinski definition) is 3. The van der Waals surface area contributed by atoms with Gasteiger partial charge in [0.05, 0.1) is 6.54 Å². The normalized spacial score (nSPS) is 18.4. The minimum Gasteiger partial charge on any atom is -0.472 e. The summed E-state index contributed by atoms with van der Waals surface area (Å²) in [7, 11) is 0. The number of halogens is 1. The number of aromatic nitrogens is 1. The van der Waals surface area contributed by atoms with E-state index in [1.807, 2.05) is 19.1 Å². The van der Waals surface area contributed by atoms with Gasteiger partial charge in [-0.3, -0.25) is 0 Å². The first-order valence-electron chi connectivity index (χ1n) is 6.37. The van der Waals surface area contributed by atoms with E-state index in [0.717, 1.165) is 12.0 Å². The van der Waals surface area contributed by atoms with Crippen LogP contribution in [0, 0.1) is 6.92 Å². The molecule has 1 aromatic rings. The predicted molar refractivity (Wildman–Crippen MR) is 73.7 cm³/mol. The fourth-order valence-corrected chi connectivity index (χ4v) is 2.06. The van der Waals surface area contributed by atoms with Crippen molar-refractivity contribution in [3.05, 3.63) is 23.9 Å². The molecule has 1 saturated heterocycles. The quantitative estimate of drug-likeness (QED) is 0.857. The van der Waals surface area contributed by atoms with Gasteiger partial charge >= 0.3 is 6.03 Å². The first kappa shape index (κ1) is 13.9. The van der Waals surface area contributed by atoms with Crippen molar-refractivity contribution in [1.82, 2.24) is 15.2 Å². The molecule has 104 valence electrons. The molecule has 1 atom stereocenters.